The lowest BCUT2D eigenvalue weighted by Crippen LogP contribution is -2.29. The van der Waals surface area contributed by atoms with E-state index in [2.05, 4.69) is 26.0 Å². The average molecular weight is 740 g/mol. The highest BCUT2D eigenvalue weighted by Gasteiger charge is 2.25. The molecule has 0 aromatic rings. The number of phosphoric ester groups is 1. The molecule has 1 unspecified atom stereocenters. The zero-order valence-corrected chi connectivity index (χ0v) is 32.7. The maximum atomic E-state index is 12.5. The summed E-state index contributed by atoms with van der Waals surface area (Å²) in [6.45, 7) is 3.46. The van der Waals surface area contributed by atoms with E-state index in [1.165, 1.54) is 57.8 Å². The van der Waals surface area contributed by atoms with Crippen molar-refractivity contribution in [2.75, 3.05) is 26.4 Å². The number of hydrogen-bond donors (Lipinski definition) is 2. The van der Waals surface area contributed by atoms with Crippen LogP contribution in [0.1, 0.15) is 155 Å². The zero-order valence-electron chi connectivity index (χ0n) is 31.8. The van der Waals surface area contributed by atoms with Gasteiger partial charge in [-0.3, -0.25) is 23.4 Å². The molecule has 0 radical (unpaired) electrons. The Labute approximate surface area is 309 Å². The SMILES string of the molecule is CCCCCCCCCCCCCCC(=O)OC[C@H](COP(=O)(O)OCCN)OC(=O)CCC/C=C\C/C=C\C/C=C\C=C\C(=O)CCCCC. The minimum Gasteiger partial charge on any atom is -0.462 e. The standard InChI is InChI=1S/C40H70NO9P/c1-3-5-7-8-9-10-11-14-17-20-23-27-31-39(43)47-35-38(36-49-51(45,46)48-34-33-41)50-40(44)32-28-24-21-18-15-12-13-16-19-22-26-30-37(42)29-25-6-4-2/h12-13,18-19,21-22,26,30,38H,3-11,14-17,20,23-25,27-29,31-36,41H2,1-2H3,(H,45,46)/b13-12-,21-18-,22-19-,30-26+/t38-/m1/s1. The van der Waals surface area contributed by atoms with Gasteiger partial charge in [-0.15, -0.1) is 0 Å². The molecule has 0 bridgehead atoms. The second kappa shape index (κ2) is 36.0. The number of hydrogen-bond acceptors (Lipinski definition) is 9. The lowest BCUT2D eigenvalue weighted by atomic mass is 10.0. The van der Waals surface area contributed by atoms with Gasteiger partial charge in [0.1, 0.15) is 6.61 Å². The van der Waals surface area contributed by atoms with Crippen molar-refractivity contribution in [2.45, 2.75) is 161 Å². The van der Waals surface area contributed by atoms with Gasteiger partial charge in [-0.05, 0) is 44.6 Å². The van der Waals surface area contributed by atoms with Crippen LogP contribution in [0.3, 0.4) is 0 Å². The van der Waals surface area contributed by atoms with Crippen molar-refractivity contribution >= 4 is 25.5 Å². The molecule has 0 aliphatic rings. The molecular weight excluding hydrogens is 669 g/mol. The number of phosphoric acid groups is 1. The van der Waals surface area contributed by atoms with Crippen molar-refractivity contribution < 1.29 is 42.4 Å². The monoisotopic (exact) mass is 739 g/mol. The van der Waals surface area contributed by atoms with Gasteiger partial charge in [-0.2, -0.15) is 0 Å². The molecule has 3 N–H and O–H groups in total. The van der Waals surface area contributed by atoms with E-state index in [0.717, 1.165) is 51.4 Å². The Morgan fingerprint density at radius 1 is 0.647 bits per heavy atom. The number of nitrogens with two attached hydrogens (primary N) is 1. The number of rotatable bonds is 36. The summed E-state index contributed by atoms with van der Waals surface area (Å²) < 4.78 is 32.6. The maximum Gasteiger partial charge on any atom is 0.472 e. The van der Waals surface area contributed by atoms with Gasteiger partial charge in [-0.1, -0.05) is 140 Å². The van der Waals surface area contributed by atoms with Gasteiger partial charge >= 0.3 is 19.8 Å². The summed E-state index contributed by atoms with van der Waals surface area (Å²) in [7, 11) is -4.40. The first-order chi connectivity index (χ1) is 24.7. The van der Waals surface area contributed by atoms with Crippen LogP contribution in [0, 0.1) is 0 Å². The first-order valence-electron chi connectivity index (χ1n) is 19.6. The van der Waals surface area contributed by atoms with Gasteiger partial charge in [0, 0.05) is 25.8 Å². The van der Waals surface area contributed by atoms with Crippen LogP contribution in [0.5, 0.6) is 0 Å². The predicted molar refractivity (Wildman–Crippen MR) is 206 cm³/mol. The van der Waals surface area contributed by atoms with Crippen LogP contribution in [0.4, 0.5) is 0 Å². The quantitative estimate of drug-likeness (QED) is 0.0159. The number of esters is 2. The highest BCUT2D eigenvalue weighted by Crippen LogP contribution is 2.43. The van der Waals surface area contributed by atoms with E-state index in [0.29, 0.717) is 19.3 Å². The summed E-state index contributed by atoms with van der Waals surface area (Å²) >= 11 is 0. The second-order valence-corrected chi connectivity index (χ2v) is 14.3. The highest BCUT2D eigenvalue weighted by atomic mass is 31.2. The highest BCUT2D eigenvalue weighted by molar-refractivity contribution is 7.47. The van der Waals surface area contributed by atoms with E-state index in [1.807, 2.05) is 24.3 Å². The van der Waals surface area contributed by atoms with Crippen molar-refractivity contribution in [1.29, 1.82) is 0 Å². The zero-order chi connectivity index (χ0) is 37.7. The second-order valence-electron chi connectivity index (χ2n) is 12.8. The minimum absolute atomic E-state index is 0.0341. The molecule has 2 atom stereocenters. The van der Waals surface area contributed by atoms with Crippen molar-refractivity contribution in [3.05, 3.63) is 48.6 Å². The lowest BCUT2D eigenvalue weighted by Gasteiger charge is -2.19. The summed E-state index contributed by atoms with van der Waals surface area (Å²) in [5.41, 5.74) is 5.32. The lowest BCUT2D eigenvalue weighted by molar-refractivity contribution is -0.161. The molecule has 0 aromatic heterocycles. The molecule has 0 saturated carbocycles. The molecule has 0 heterocycles. The molecule has 10 nitrogen and oxygen atoms in total. The van der Waals surface area contributed by atoms with E-state index in [9.17, 15) is 23.8 Å². The molecule has 0 amide bonds. The maximum absolute atomic E-state index is 12.5. The molecule has 11 heteroatoms. The number of carbonyl (C=O) groups excluding carboxylic acids is 3. The summed E-state index contributed by atoms with van der Waals surface area (Å²) in [5.74, 6) is -0.765. The fraction of sp³-hybridized carbons (Fsp3) is 0.725. The van der Waals surface area contributed by atoms with Crippen molar-refractivity contribution in [3.8, 4) is 0 Å². The Morgan fingerprint density at radius 3 is 1.84 bits per heavy atom. The van der Waals surface area contributed by atoms with E-state index in [4.69, 9.17) is 24.3 Å². The van der Waals surface area contributed by atoms with E-state index in [1.54, 1.807) is 12.2 Å². The fourth-order valence-corrected chi connectivity index (χ4v) is 5.76. The Morgan fingerprint density at radius 2 is 1.20 bits per heavy atom. The Kier molecular flexibility index (Phi) is 34.4. The molecule has 0 saturated heterocycles. The largest absolute Gasteiger partial charge is 0.472 e. The summed E-state index contributed by atoms with van der Waals surface area (Å²) in [4.78, 5) is 46.4. The summed E-state index contributed by atoms with van der Waals surface area (Å²) in [6, 6.07) is 0. The predicted octanol–water partition coefficient (Wildman–Crippen LogP) is 9.95. The normalized spacial score (nSPS) is 13.8. The summed E-state index contributed by atoms with van der Waals surface area (Å²) in [6.07, 6.45) is 35.6. The number of allylic oxidation sites excluding steroid dienone is 8. The van der Waals surface area contributed by atoms with Crippen molar-refractivity contribution in [2.24, 2.45) is 5.73 Å². The van der Waals surface area contributed by atoms with Gasteiger partial charge in [-0.25, -0.2) is 4.57 Å². The third kappa shape index (κ3) is 35.8. The van der Waals surface area contributed by atoms with E-state index < -0.39 is 32.5 Å². The van der Waals surface area contributed by atoms with Crippen LogP contribution in [-0.2, 0) is 37.5 Å². The van der Waals surface area contributed by atoms with Gasteiger partial charge in [0.05, 0.1) is 13.2 Å². The molecule has 0 aliphatic carbocycles. The number of ketones is 1. The smallest absolute Gasteiger partial charge is 0.462 e. The molecule has 0 aliphatic heterocycles. The van der Waals surface area contributed by atoms with Gasteiger partial charge < -0.3 is 20.1 Å². The number of ether oxygens (including phenoxy) is 2. The third-order valence-electron chi connectivity index (χ3n) is 7.94. The van der Waals surface area contributed by atoms with Crippen LogP contribution < -0.4 is 5.73 Å². The Bertz CT molecular complexity index is 1040. The van der Waals surface area contributed by atoms with Crippen LogP contribution in [0.25, 0.3) is 0 Å². The summed E-state index contributed by atoms with van der Waals surface area (Å²) in [5, 5.41) is 0. The minimum atomic E-state index is -4.40. The number of unbranched alkanes of at least 4 members (excludes halogenated alkanes) is 14. The van der Waals surface area contributed by atoms with Gasteiger partial charge in [0.25, 0.3) is 0 Å². The Hall–Kier alpha value is -2.36. The Balaban J connectivity index is 4.37. The van der Waals surface area contributed by atoms with Crippen LogP contribution in [0.15, 0.2) is 48.6 Å². The number of carbonyl (C=O) groups is 3. The molecule has 294 valence electrons. The van der Waals surface area contributed by atoms with Crippen LogP contribution in [-0.4, -0.2) is 55.1 Å². The first-order valence-corrected chi connectivity index (χ1v) is 21.1. The average Bonchev–Trinajstić information content (AvgIpc) is 3.11. The topological polar surface area (TPSA) is 151 Å². The molecular formula is C40H70NO9P. The van der Waals surface area contributed by atoms with Crippen molar-refractivity contribution in [1.82, 2.24) is 0 Å². The van der Waals surface area contributed by atoms with Crippen LogP contribution in [0.2, 0.25) is 0 Å². The molecule has 51 heavy (non-hydrogen) atoms. The molecule has 0 aromatic carbocycles. The first kappa shape index (κ1) is 48.6. The fourth-order valence-electron chi connectivity index (χ4n) is 4.99. The van der Waals surface area contributed by atoms with Gasteiger partial charge in [0.2, 0.25) is 0 Å². The molecule has 0 spiro atoms. The van der Waals surface area contributed by atoms with Crippen LogP contribution >= 0.6 is 7.82 Å². The third-order valence-corrected chi connectivity index (χ3v) is 8.93. The molecule has 0 rings (SSSR count). The van der Waals surface area contributed by atoms with E-state index >= 15 is 0 Å². The van der Waals surface area contributed by atoms with Crippen molar-refractivity contribution in [3.63, 3.8) is 0 Å². The van der Waals surface area contributed by atoms with Gasteiger partial charge in [0.15, 0.2) is 11.9 Å². The van der Waals surface area contributed by atoms with E-state index in [-0.39, 0.29) is 38.4 Å². The molecule has 0 fully saturated rings.